The van der Waals surface area contributed by atoms with Gasteiger partial charge in [0.15, 0.2) is 16.7 Å². The van der Waals surface area contributed by atoms with Gasteiger partial charge in [0.25, 0.3) is 0 Å². The monoisotopic (exact) mass is 243 g/mol. The molecule has 0 N–H and O–H groups in total. The molecule has 1 heterocycles. The summed E-state index contributed by atoms with van der Waals surface area (Å²) in [5, 5.41) is 0.356. The molecule has 0 aromatic carbocycles. The zero-order valence-corrected chi connectivity index (χ0v) is 11.0. The summed E-state index contributed by atoms with van der Waals surface area (Å²) >= 11 is 5.98. The van der Waals surface area contributed by atoms with E-state index in [0.29, 0.717) is 16.9 Å². The number of ether oxygens (including phenoxy) is 1. The van der Waals surface area contributed by atoms with Gasteiger partial charge in [0.1, 0.15) is 6.33 Å². The predicted octanol–water partition coefficient (Wildman–Crippen LogP) is 2.76. The fourth-order valence-corrected chi connectivity index (χ4v) is 1.78. The van der Waals surface area contributed by atoms with E-state index in [1.807, 2.05) is 0 Å². The summed E-state index contributed by atoms with van der Waals surface area (Å²) in [6.45, 7) is 7.28. The molecule has 1 aromatic heterocycles. The van der Waals surface area contributed by atoms with Crippen molar-refractivity contribution >= 4 is 17.4 Å². The van der Waals surface area contributed by atoms with Gasteiger partial charge < -0.3 is 9.64 Å². The van der Waals surface area contributed by atoms with Crippen LogP contribution in [0.5, 0.6) is 5.75 Å². The van der Waals surface area contributed by atoms with Crippen molar-refractivity contribution < 1.29 is 4.74 Å². The Bertz CT molecular complexity index is 344. The molecule has 1 rings (SSSR count). The Morgan fingerprint density at radius 2 is 2.12 bits per heavy atom. The summed E-state index contributed by atoms with van der Waals surface area (Å²) < 4.78 is 5.25. The molecule has 0 aliphatic carbocycles. The van der Waals surface area contributed by atoms with Crippen molar-refractivity contribution in [2.75, 3.05) is 18.6 Å². The number of hydrogen-bond donors (Lipinski definition) is 0. The number of halogens is 1. The van der Waals surface area contributed by atoms with E-state index in [9.17, 15) is 0 Å². The maximum Gasteiger partial charge on any atom is 0.199 e. The van der Waals surface area contributed by atoms with E-state index in [-0.39, 0.29) is 0 Å². The second kappa shape index (κ2) is 5.89. The lowest BCUT2D eigenvalue weighted by molar-refractivity contribution is 0.409. The van der Waals surface area contributed by atoms with Crippen molar-refractivity contribution in [1.29, 1.82) is 0 Å². The lowest BCUT2D eigenvalue weighted by atomic mass is 10.3. The topological polar surface area (TPSA) is 38.2 Å². The predicted molar refractivity (Wildman–Crippen MR) is 66.4 cm³/mol. The highest BCUT2D eigenvalue weighted by Gasteiger charge is 2.18. The summed E-state index contributed by atoms with van der Waals surface area (Å²) in [4.78, 5) is 10.3. The van der Waals surface area contributed by atoms with E-state index in [4.69, 9.17) is 16.3 Å². The minimum absolute atomic E-state index is 0.347. The minimum Gasteiger partial charge on any atom is -0.490 e. The first-order chi connectivity index (χ1) is 7.61. The van der Waals surface area contributed by atoms with Crippen molar-refractivity contribution in [2.45, 2.75) is 33.2 Å². The molecule has 16 heavy (non-hydrogen) atoms. The quantitative estimate of drug-likeness (QED) is 0.746. The van der Waals surface area contributed by atoms with E-state index < -0.39 is 0 Å². The van der Waals surface area contributed by atoms with Crippen LogP contribution in [0, 0.1) is 0 Å². The summed E-state index contributed by atoms with van der Waals surface area (Å²) in [6, 6.07) is 0.347. The molecule has 0 fully saturated rings. The normalized spacial score (nSPS) is 10.6. The van der Waals surface area contributed by atoms with E-state index in [0.717, 1.165) is 18.8 Å². The van der Waals surface area contributed by atoms with Gasteiger partial charge in [-0.15, -0.1) is 0 Å². The molecule has 90 valence electrons. The molecule has 0 amide bonds. The maximum absolute atomic E-state index is 5.98. The zero-order valence-electron chi connectivity index (χ0n) is 10.2. The molecule has 0 aliphatic rings. The third-order valence-corrected chi connectivity index (χ3v) is 2.57. The summed E-state index contributed by atoms with van der Waals surface area (Å²) in [5.74, 6) is 1.31. The van der Waals surface area contributed by atoms with E-state index >= 15 is 0 Å². The lowest BCUT2D eigenvalue weighted by Crippen LogP contribution is -2.32. The lowest BCUT2D eigenvalue weighted by Gasteiger charge is -2.28. The van der Waals surface area contributed by atoms with Crippen LogP contribution in [0.25, 0.3) is 0 Å². The Hall–Kier alpha value is -1.03. The first kappa shape index (κ1) is 13.0. The van der Waals surface area contributed by atoms with Crippen molar-refractivity contribution in [3.63, 3.8) is 0 Å². The third-order valence-electron chi connectivity index (χ3n) is 2.31. The second-order valence-electron chi connectivity index (χ2n) is 3.81. The Balaban J connectivity index is 3.12. The van der Waals surface area contributed by atoms with Crippen LogP contribution >= 0.6 is 11.6 Å². The van der Waals surface area contributed by atoms with Gasteiger partial charge in [0, 0.05) is 12.6 Å². The number of anilines is 1. The molecule has 0 saturated carbocycles. The standard InChI is InChI=1S/C11H18ClN3O/c1-5-6-15(8(2)3)11-9(16-4)10(12)13-7-14-11/h7-8H,5-6H2,1-4H3. The van der Waals surface area contributed by atoms with Crippen LogP contribution in [0.3, 0.4) is 0 Å². The average molecular weight is 244 g/mol. The molecule has 0 spiro atoms. The molecule has 5 heteroatoms. The van der Waals surface area contributed by atoms with Crippen LogP contribution in [-0.4, -0.2) is 29.7 Å². The smallest absolute Gasteiger partial charge is 0.199 e. The SMILES string of the molecule is CCCN(c1ncnc(Cl)c1OC)C(C)C. The fourth-order valence-electron chi connectivity index (χ4n) is 1.57. The van der Waals surface area contributed by atoms with Crippen molar-refractivity contribution in [1.82, 2.24) is 9.97 Å². The molecule has 0 unspecified atom stereocenters. The number of methoxy groups -OCH3 is 1. The Labute approximate surface area is 102 Å². The largest absolute Gasteiger partial charge is 0.490 e. The van der Waals surface area contributed by atoms with Crippen LogP contribution in [0.2, 0.25) is 5.15 Å². The van der Waals surface area contributed by atoms with Crippen LogP contribution < -0.4 is 9.64 Å². The molecule has 1 aromatic rings. The minimum atomic E-state index is 0.347. The van der Waals surface area contributed by atoms with Crippen LogP contribution in [0.1, 0.15) is 27.2 Å². The van der Waals surface area contributed by atoms with Crippen molar-refractivity contribution in [2.24, 2.45) is 0 Å². The average Bonchev–Trinajstić information content (AvgIpc) is 2.25. The highest BCUT2D eigenvalue weighted by Crippen LogP contribution is 2.32. The van der Waals surface area contributed by atoms with Gasteiger partial charge in [-0.25, -0.2) is 9.97 Å². The van der Waals surface area contributed by atoms with Crippen LogP contribution in [-0.2, 0) is 0 Å². The summed E-state index contributed by atoms with van der Waals surface area (Å²) in [5.41, 5.74) is 0. The van der Waals surface area contributed by atoms with Crippen LogP contribution in [0.15, 0.2) is 6.33 Å². The van der Waals surface area contributed by atoms with Gasteiger partial charge >= 0.3 is 0 Å². The summed E-state index contributed by atoms with van der Waals surface area (Å²) in [7, 11) is 1.58. The number of hydrogen-bond acceptors (Lipinski definition) is 4. The molecular formula is C11H18ClN3O. The molecule has 0 aliphatic heterocycles. The number of aromatic nitrogens is 2. The van der Waals surface area contributed by atoms with Gasteiger partial charge in [-0.05, 0) is 20.3 Å². The molecule has 0 saturated heterocycles. The molecule has 0 atom stereocenters. The van der Waals surface area contributed by atoms with Gasteiger partial charge in [-0.2, -0.15) is 0 Å². The van der Waals surface area contributed by atoms with Gasteiger partial charge in [0.2, 0.25) is 0 Å². The first-order valence-corrected chi connectivity index (χ1v) is 5.80. The van der Waals surface area contributed by atoms with Crippen LogP contribution in [0.4, 0.5) is 5.82 Å². The zero-order chi connectivity index (χ0) is 12.1. The van der Waals surface area contributed by atoms with Crippen molar-refractivity contribution in [3.05, 3.63) is 11.5 Å². The summed E-state index contributed by atoms with van der Waals surface area (Å²) in [6.07, 6.45) is 2.51. The Morgan fingerprint density at radius 3 is 2.62 bits per heavy atom. The highest BCUT2D eigenvalue weighted by molar-refractivity contribution is 6.31. The second-order valence-corrected chi connectivity index (χ2v) is 4.17. The molecule has 4 nitrogen and oxygen atoms in total. The fraction of sp³-hybridized carbons (Fsp3) is 0.636. The molecule has 0 bridgehead atoms. The third kappa shape index (κ3) is 2.76. The number of nitrogens with zero attached hydrogens (tertiary/aromatic N) is 3. The molecular weight excluding hydrogens is 226 g/mol. The van der Waals surface area contributed by atoms with Gasteiger partial charge in [0.05, 0.1) is 7.11 Å². The van der Waals surface area contributed by atoms with E-state index in [1.165, 1.54) is 6.33 Å². The maximum atomic E-state index is 5.98. The van der Waals surface area contributed by atoms with Gasteiger partial charge in [-0.3, -0.25) is 0 Å². The number of rotatable bonds is 5. The first-order valence-electron chi connectivity index (χ1n) is 5.42. The van der Waals surface area contributed by atoms with E-state index in [1.54, 1.807) is 7.11 Å². The molecule has 0 radical (unpaired) electrons. The Kier molecular flexibility index (Phi) is 4.80. The van der Waals surface area contributed by atoms with E-state index in [2.05, 4.69) is 35.6 Å². The van der Waals surface area contributed by atoms with Crippen molar-refractivity contribution in [3.8, 4) is 5.75 Å². The van der Waals surface area contributed by atoms with Gasteiger partial charge in [-0.1, -0.05) is 18.5 Å². The highest BCUT2D eigenvalue weighted by atomic mass is 35.5. The Morgan fingerprint density at radius 1 is 1.44 bits per heavy atom.